The molecule has 1 saturated carbocycles. The summed E-state index contributed by atoms with van der Waals surface area (Å²) >= 11 is 5.17. The van der Waals surface area contributed by atoms with Crippen LogP contribution in [0.3, 0.4) is 0 Å². The number of nitrogens with one attached hydrogen (secondary N) is 1. The van der Waals surface area contributed by atoms with Crippen molar-refractivity contribution >= 4 is 45.4 Å². The SMILES string of the molecule is Cc1cc(/C=C2\SC(Nc3ccccc3)N([C@H]3CCCC[C@H]3C)C2=O)c(C)n1-c1ccc(Br)cc1. The standard InChI is InChI=1S/C29H32BrN3OS/c1-19-9-7-8-12-26(19)33-28(34)27(35-29(33)31-24-10-5-4-6-11-24)18-22-17-20(2)32(21(22)3)25-15-13-23(30)14-16-25/h4-6,10-11,13-19,26,29,31H,7-9,12H2,1-3H3/b27-18-/t19-,26+,29?/m1/s1. The van der Waals surface area contributed by atoms with Crippen LogP contribution in [0.25, 0.3) is 11.8 Å². The van der Waals surface area contributed by atoms with E-state index < -0.39 is 0 Å². The van der Waals surface area contributed by atoms with E-state index in [1.54, 1.807) is 11.8 Å². The molecule has 1 aliphatic carbocycles. The van der Waals surface area contributed by atoms with E-state index in [2.05, 4.69) is 100 Å². The molecule has 5 rings (SSSR count). The quantitative estimate of drug-likeness (QED) is 0.330. The molecule has 1 aliphatic heterocycles. The number of halogens is 1. The molecule has 0 spiro atoms. The molecule has 2 aliphatic rings. The molecule has 1 N–H and O–H groups in total. The Morgan fingerprint density at radius 3 is 2.46 bits per heavy atom. The smallest absolute Gasteiger partial charge is 0.262 e. The number of amides is 1. The van der Waals surface area contributed by atoms with Gasteiger partial charge in [0.1, 0.15) is 0 Å². The van der Waals surface area contributed by atoms with Crippen LogP contribution in [0.2, 0.25) is 0 Å². The van der Waals surface area contributed by atoms with E-state index in [1.807, 2.05) is 18.2 Å². The van der Waals surface area contributed by atoms with Crippen LogP contribution in [-0.2, 0) is 4.79 Å². The maximum absolute atomic E-state index is 13.9. The normalized spacial score (nSPS) is 23.8. The Labute approximate surface area is 220 Å². The van der Waals surface area contributed by atoms with Gasteiger partial charge in [0.25, 0.3) is 5.91 Å². The second-order valence-electron chi connectivity index (χ2n) is 9.67. The first-order chi connectivity index (χ1) is 16.9. The minimum absolute atomic E-state index is 0.100. The van der Waals surface area contributed by atoms with Crippen LogP contribution in [0.5, 0.6) is 0 Å². The molecule has 1 saturated heterocycles. The van der Waals surface area contributed by atoms with E-state index in [1.165, 1.54) is 19.3 Å². The van der Waals surface area contributed by atoms with Crippen molar-refractivity contribution in [2.75, 3.05) is 5.32 Å². The van der Waals surface area contributed by atoms with Crippen molar-refractivity contribution in [3.05, 3.63) is 87.0 Å². The fraction of sp³-hybridized carbons (Fsp3) is 0.345. The molecule has 2 aromatic carbocycles. The summed E-state index contributed by atoms with van der Waals surface area (Å²) in [5.41, 5.74) is 5.46. The number of anilines is 1. The lowest BCUT2D eigenvalue weighted by atomic mass is 9.85. The minimum Gasteiger partial charge on any atom is -0.356 e. The van der Waals surface area contributed by atoms with Crippen LogP contribution in [-0.4, -0.2) is 26.9 Å². The third-order valence-corrected chi connectivity index (χ3v) is 8.91. The Bertz CT molecular complexity index is 1230. The summed E-state index contributed by atoms with van der Waals surface area (Å²) in [4.78, 5) is 16.8. The average Bonchev–Trinajstić information content (AvgIpc) is 3.30. The van der Waals surface area contributed by atoms with E-state index in [4.69, 9.17) is 0 Å². The van der Waals surface area contributed by atoms with Crippen LogP contribution < -0.4 is 5.32 Å². The first-order valence-electron chi connectivity index (χ1n) is 12.4. The third kappa shape index (κ3) is 4.96. The molecule has 3 aromatic rings. The monoisotopic (exact) mass is 549 g/mol. The molecule has 2 fully saturated rings. The number of hydrogen-bond donors (Lipinski definition) is 1. The molecule has 6 heteroatoms. The number of para-hydroxylation sites is 1. The number of hydrogen-bond acceptors (Lipinski definition) is 3. The molecule has 1 aromatic heterocycles. The molecular formula is C29H32BrN3OS. The van der Waals surface area contributed by atoms with Gasteiger partial charge in [0, 0.05) is 33.3 Å². The summed E-state index contributed by atoms with van der Waals surface area (Å²) in [5.74, 6) is 0.658. The lowest BCUT2D eigenvalue weighted by molar-refractivity contribution is -0.129. The zero-order chi connectivity index (χ0) is 24.5. The number of carbonyl (C=O) groups is 1. The Kier molecular flexibility index (Phi) is 7.12. The van der Waals surface area contributed by atoms with Crippen LogP contribution in [0.4, 0.5) is 5.69 Å². The molecule has 182 valence electrons. The van der Waals surface area contributed by atoms with Gasteiger partial charge in [0.2, 0.25) is 0 Å². The van der Waals surface area contributed by atoms with Gasteiger partial charge in [-0.3, -0.25) is 4.79 Å². The van der Waals surface area contributed by atoms with Crippen molar-refractivity contribution in [2.45, 2.75) is 58.0 Å². The Balaban J connectivity index is 1.49. The lowest BCUT2D eigenvalue weighted by Gasteiger charge is -2.39. The number of aryl methyl sites for hydroxylation is 1. The summed E-state index contributed by atoms with van der Waals surface area (Å²) in [6.07, 6.45) is 6.80. The highest BCUT2D eigenvalue weighted by molar-refractivity contribution is 9.10. The van der Waals surface area contributed by atoms with Crippen molar-refractivity contribution < 1.29 is 4.79 Å². The topological polar surface area (TPSA) is 37.3 Å². The summed E-state index contributed by atoms with van der Waals surface area (Å²) < 4.78 is 3.32. The van der Waals surface area contributed by atoms with Crippen molar-refractivity contribution in [3.8, 4) is 5.69 Å². The van der Waals surface area contributed by atoms with Crippen LogP contribution in [0, 0.1) is 19.8 Å². The van der Waals surface area contributed by atoms with E-state index in [-0.39, 0.29) is 17.4 Å². The summed E-state index contributed by atoms with van der Waals surface area (Å²) in [5, 5.41) is 3.63. The fourth-order valence-electron chi connectivity index (χ4n) is 5.43. The third-order valence-electron chi connectivity index (χ3n) is 7.27. The van der Waals surface area contributed by atoms with Gasteiger partial charge in [-0.15, -0.1) is 0 Å². The highest BCUT2D eigenvalue weighted by atomic mass is 79.9. The summed E-state index contributed by atoms with van der Waals surface area (Å²) in [6, 6.07) is 21.0. The van der Waals surface area contributed by atoms with E-state index in [9.17, 15) is 4.79 Å². The zero-order valence-electron chi connectivity index (χ0n) is 20.5. The Morgan fingerprint density at radius 1 is 1.03 bits per heavy atom. The number of carbonyl (C=O) groups excluding carboxylic acids is 1. The van der Waals surface area contributed by atoms with E-state index in [0.717, 1.165) is 44.1 Å². The number of benzene rings is 2. The van der Waals surface area contributed by atoms with E-state index in [0.29, 0.717) is 5.92 Å². The summed E-state index contributed by atoms with van der Waals surface area (Å²) in [6.45, 7) is 6.55. The maximum atomic E-state index is 13.9. The van der Waals surface area contributed by atoms with Crippen molar-refractivity contribution in [1.82, 2.24) is 9.47 Å². The first kappa shape index (κ1) is 24.3. The van der Waals surface area contributed by atoms with Gasteiger partial charge in [0.05, 0.1) is 4.91 Å². The highest BCUT2D eigenvalue weighted by Gasteiger charge is 2.43. The Hall–Kier alpha value is -2.44. The van der Waals surface area contributed by atoms with Crippen LogP contribution >= 0.6 is 27.7 Å². The van der Waals surface area contributed by atoms with Gasteiger partial charge in [-0.1, -0.05) is 65.7 Å². The molecule has 3 atom stereocenters. The van der Waals surface area contributed by atoms with Gasteiger partial charge in [-0.2, -0.15) is 0 Å². The molecule has 35 heavy (non-hydrogen) atoms. The fourth-order valence-corrected chi connectivity index (χ4v) is 6.90. The average molecular weight is 551 g/mol. The van der Waals surface area contributed by atoms with Crippen LogP contribution in [0.15, 0.2) is 70.0 Å². The highest BCUT2D eigenvalue weighted by Crippen LogP contribution is 2.42. The Morgan fingerprint density at radius 2 is 1.74 bits per heavy atom. The maximum Gasteiger partial charge on any atom is 0.262 e. The second kappa shape index (κ2) is 10.3. The number of aromatic nitrogens is 1. The van der Waals surface area contributed by atoms with Gasteiger partial charge in [0.15, 0.2) is 5.50 Å². The molecular weight excluding hydrogens is 518 g/mol. The van der Waals surface area contributed by atoms with Crippen LogP contribution in [0.1, 0.15) is 49.6 Å². The molecule has 1 amide bonds. The molecule has 0 bridgehead atoms. The zero-order valence-corrected chi connectivity index (χ0v) is 22.9. The minimum atomic E-state index is -0.100. The van der Waals surface area contributed by atoms with Gasteiger partial charge in [-0.05, 0) is 86.7 Å². The summed E-state index contributed by atoms with van der Waals surface area (Å²) in [7, 11) is 0. The van der Waals surface area contributed by atoms with Gasteiger partial charge in [-0.25, -0.2) is 0 Å². The molecule has 4 nitrogen and oxygen atoms in total. The van der Waals surface area contributed by atoms with Crippen molar-refractivity contribution in [3.63, 3.8) is 0 Å². The van der Waals surface area contributed by atoms with Gasteiger partial charge >= 0.3 is 0 Å². The lowest BCUT2D eigenvalue weighted by Crippen LogP contribution is -2.48. The number of rotatable bonds is 5. The van der Waals surface area contributed by atoms with Crippen molar-refractivity contribution in [1.29, 1.82) is 0 Å². The largest absolute Gasteiger partial charge is 0.356 e. The molecule has 0 radical (unpaired) electrons. The number of thioether (sulfide) groups is 1. The van der Waals surface area contributed by atoms with E-state index >= 15 is 0 Å². The van der Waals surface area contributed by atoms with Gasteiger partial charge < -0.3 is 14.8 Å². The number of nitrogens with zero attached hydrogens (tertiary/aromatic N) is 2. The predicted molar refractivity (Wildman–Crippen MR) is 151 cm³/mol. The predicted octanol–water partition coefficient (Wildman–Crippen LogP) is 7.75. The second-order valence-corrected chi connectivity index (χ2v) is 11.7. The molecule has 1 unspecified atom stereocenters. The first-order valence-corrected chi connectivity index (χ1v) is 14.1. The van der Waals surface area contributed by atoms with Crippen molar-refractivity contribution in [2.24, 2.45) is 5.92 Å². The molecule has 2 heterocycles.